The van der Waals surface area contributed by atoms with Crippen molar-refractivity contribution in [2.75, 3.05) is 6.61 Å². The minimum absolute atomic E-state index is 0.254. The van der Waals surface area contributed by atoms with E-state index in [0.717, 1.165) is 42.6 Å². The summed E-state index contributed by atoms with van der Waals surface area (Å²) < 4.78 is 35.2. The molecule has 1 aromatic carbocycles. The van der Waals surface area contributed by atoms with Crippen molar-refractivity contribution < 1.29 is 13.2 Å². The summed E-state index contributed by atoms with van der Waals surface area (Å²) in [7, 11) is -3.56. The van der Waals surface area contributed by atoms with Crippen LogP contribution in [0.3, 0.4) is 0 Å². The monoisotopic (exact) mass is 349 g/mol. The average molecular weight is 349 g/mol. The molecule has 2 heterocycles. The van der Waals surface area contributed by atoms with Crippen LogP contribution in [0.1, 0.15) is 36.6 Å². The van der Waals surface area contributed by atoms with Gasteiger partial charge < -0.3 is 4.74 Å². The number of nitrogens with one attached hydrogen (secondary N) is 1. The Morgan fingerprint density at radius 2 is 2.17 bits per heavy atom. The van der Waals surface area contributed by atoms with E-state index in [1.165, 1.54) is 0 Å². The molecule has 7 heteroatoms. The Bertz CT molecular complexity index is 828. The van der Waals surface area contributed by atoms with E-state index in [9.17, 15) is 8.42 Å². The van der Waals surface area contributed by atoms with Crippen LogP contribution in [0.5, 0.6) is 5.75 Å². The first-order valence-corrected chi connectivity index (χ1v) is 9.76. The largest absolute Gasteiger partial charge is 0.494 e. The summed E-state index contributed by atoms with van der Waals surface area (Å²) in [5.41, 5.74) is 2.91. The Morgan fingerprint density at radius 1 is 1.33 bits per heavy atom. The molecule has 2 aromatic rings. The van der Waals surface area contributed by atoms with Gasteiger partial charge >= 0.3 is 0 Å². The Kier molecular flexibility index (Phi) is 4.91. The van der Waals surface area contributed by atoms with E-state index >= 15 is 0 Å². The molecule has 24 heavy (non-hydrogen) atoms. The standard InChI is InChI=1S/C17H23N3O3S/c1-3-23-17-8-7-15(10-13(17)2)24(21,22)19-12-14-11-18-20-9-5-4-6-16(14)20/h7-8,10-11,19H,3-6,9,12H2,1-2H3. The normalized spacial score (nSPS) is 14.4. The summed E-state index contributed by atoms with van der Waals surface area (Å²) in [6.45, 7) is 5.48. The minimum atomic E-state index is -3.56. The summed E-state index contributed by atoms with van der Waals surface area (Å²) in [6.07, 6.45) is 4.99. The van der Waals surface area contributed by atoms with Gasteiger partial charge in [-0.3, -0.25) is 4.68 Å². The maximum Gasteiger partial charge on any atom is 0.240 e. The third-order valence-corrected chi connectivity index (χ3v) is 5.68. The van der Waals surface area contributed by atoms with Gasteiger partial charge in [-0.15, -0.1) is 0 Å². The second-order valence-corrected chi connectivity index (χ2v) is 7.75. The summed E-state index contributed by atoms with van der Waals surface area (Å²) in [5.74, 6) is 0.710. The first-order valence-electron chi connectivity index (χ1n) is 8.28. The molecule has 1 aliphatic heterocycles. The fourth-order valence-corrected chi connectivity index (χ4v) is 4.09. The molecule has 6 nitrogen and oxygen atoms in total. The quantitative estimate of drug-likeness (QED) is 0.869. The zero-order valence-corrected chi connectivity index (χ0v) is 14.9. The molecule has 1 N–H and O–H groups in total. The highest BCUT2D eigenvalue weighted by molar-refractivity contribution is 7.89. The Morgan fingerprint density at radius 3 is 2.92 bits per heavy atom. The molecule has 0 aliphatic carbocycles. The van der Waals surface area contributed by atoms with Crippen molar-refractivity contribution in [2.45, 2.75) is 51.1 Å². The Hall–Kier alpha value is -1.86. The summed E-state index contributed by atoms with van der Waals surface area (Å²) in [5, 5.41) is 4.34. The first kappa shape index (κ1) is 17.0. The van der Waals surface area contributed by atoms with Crippen LogP contribution >= 0.6 is 0 Å². The zero-order chi connectivity index (χ0) is 17.2. The number of benzene rings is 1. The smallest absolute Gasteiger partial charge is 0.240 e. The SMILES string of the molecule is CCOc1ccc(S(=O)(=O)NCc2cnn3c2CCCC3)cc1C. The van der Waals surface area contributed by atoms with Gasteiger partial charge in [0.15, 0.2) is 0 Å². The maximum absolute atomic E-state index is 12.5. The maximum atomic E-state index is 12.5. The van der Waals surface area contributed by atoms with Crippen LogP contribution in [-0.2, 0) is 29.5 Å². The molecule has 1 aliphatic rings. The number of aryl methyl sites for hydroxylation is 2. The van der Waals surface area contributed by atoms with Crippen LogP contribution in [-0.4, -0.2) is 24.8 Å². The van der Waals surface area contributed by atoms with Gasteiger partial charge in [-0.1, -0.05) is 0 Å². The number of sulfonamides is 1. The Labute approximate surface area is 142 Å². The molecular formula is C17H23N3O3S. The summed E-state index contributed by atoms with van der Waals surface area (Å²) >= 11 is 0. The molecule has 130 valence electrons. The first-order chi connectivity index (χ1) is 11.5. The molecule has 0 atom stereocenters. The highest BCUT2D eigenvalue weighted by Crippen LogP contribution is 2.22. The molecule has 0 saturated carbocycles. The third-order valence-electron chi connectivity index (χ3n) is 4.28. The van der Waals surface area contributed by atoms with Gasteiger partial charge in [0.05, 0.1) is 17.7 Å². The van der Waals surface area contributed by atoms with Crippen LogP contribution in [0.15, 0.2) is 29.3 Å². The summed E-state index contributed by atoms with van der Waals surface area (Å²) in [4.78, 5) is 0.254. The van der Waals surface area contributed by atoms with Gasteiger partial charge in [0.25, 0.3) is 0 Å². The van der Waals surface area contributed by atoms with Gasteiger partial charge in [0, 0.05) is 24.3 Å². The molecule has 0 saturated heterocycles. The molecule has 0 amide bonds. The van der Waals surface area contributed by atoms with E-state index in [-0.39, 0.29) is 11.4 Å². The van der Waals surface area contributed by atoms with Crippen molar-refractivity contribution in [2.24, 2.45) is 0 Å². The fourth-order valence-electron chi connectivity index (χ4n) is 3.00. The molecule has 0 spiro atoms. The lowest BCUT2D eigenvalue weighted by Crippen LogP contribution is -2.24. The number of hydrogen-bond acceptors (Lipinski definition) is 4. The molecule has 3 rings (SSSR count). The number of nitrogens with zero attached hydrogens (tertiary/aromatic N) is 2. The third kappa shape index (κ3) is 3.47. The molecule has 0 fully saturated rings. The van der Waals surface area contributed by atoms with Crippen LogP contribution < -0.4 is 9.46 Å². The van der Waals surface area contributed by atoms with Crippen LogP contribution in [0.2, 0.25) is 0 Å². The van der Waals surface area contributed by atoms with Crippen molar-refractivity contribution in [3.05, 3.63) is 41.2 Å². The van der Waals surface area contributed by atoms with Gasteiger partial charge in [-0.25, -0.2) is 13.1 Å². The van der Waals surface area contributed by atoms with E-state index in [4.69, 9.17) is 4.74 Å². The second kappa shape index (κ2) is 6.94. The van der Waals surface area contributed by atoms with Crippen molar-refractivity contribution in [3.8, 4) is 5.75 Å². The van der Waals surface area contributed by atoms with E-state index < -0.39 is 10.0 Å². The average Bonchev–Trinajstić information content (AvgIpc) is 2.98. The van der Waals surface area contributed by atoms with Gasteiger partial charge in [-0.2, -0.15) is 5.10 Å². The van der Waals surface area contributed by atoms with Gasteiger partial charge in [0.2, 0.25) is 10.0 Å². The molecule has 0 unspecified atom stereocenters. The molecular weight excluding hydrogens is 326 g/mol. The highest BCUT2D eigenvalue weighted by atomic mass is 32.2. The Balaban J connectivity index is 1.74. The fraction of sp³-hybridized carbons (Fsp3) is 0.471. The highest BCUT2D eigenvalue weighted by Gasteiger charge is 2.19. The minimum Gasteiger partial charge on any atom is -0.494 e. The summed E-state index contributed by atoms with van der Waals surface area (Å²) in [6, 6.07) is 4.92. The van der Waals surface area contributed by atoms with Crippen LogP contribution in [0.25, 0.3) is 0 Å². The van der Waals surface area contributed by atoms with Crippen LogP contribution in [0, 0.1) is 6.92 Å². The van der Waals surface area contributed by atoms with Crippen LogP contribution in [0.4, 0.5) is 0 Å². The van der Waals surface area contributed by atoms with Crippen molar-refractivity contribution >= 4 is 10.0 Å². The number of aromatic nitrogens is 2. The molecule has 0 radical (unpaired) electrons. The predicted octanol–water partition coefficient (Wildman–Crippen LogP) is 2.41. The molecule has 0 bridgehead atoms. The van der Waals surface area contributed by atoms with E-state index in [0.29, 0.717) is 12.4 Å². The molecule has 1 aromatic heterocycles. The lowest BCUT2D eigenvalue weighted by molar-refractivity contribution is 0.337. The van der Waals surface area contributed by atoms with Crippen molar-refractivity contribution in [1.29, 1.82) is 0 Å². The van der Waals surface area contributed by atoms with Gasteiger partial charge in [0.1, 0.15) is 5.75 Å². The van der Waals surface area contributed by atoms with E-state index in [2.05, 4.69) is 9.82 Å². The lowest BCUT2D eigenvalue weighted by Gasteiger charge is -2.15. The number of hydrogen-bond donors (Lipinski definition) is 1. The number of rotatable bonds is 6. The van der Waals surface area contributed by atoms with Gasteiger partial charge in [-0.05, 0) is 56.9 Å². The van der Waals surface area contributed by atoms with E-state index in [1.54, 1.807) is 24.4 Å². The number of fused-ring (bicyclic) bond motifs is 1. The lowest BCUT2D eigenvalue weighted by atomic mass is 10.1. The number of ether oxygens (including phenoxy) is 1. The zero-order valence-electron chi connectivity index (χ0n) is 14.1. The second-order valence-electron chi connectivity index (χ2n) is 5.98. The van der Waals surface area contributed by atoms with Crippen molar-refractivity contribution in [1.82, 2.24) is 14.5 Å². The predicted molar refractivity (Wildman–Crippen MR) is 91.5 cm³/mol. The topological polar surface area (TPSA) is 73.2 Å². The van der Waals surface area contributed by atoms with E-state index in [1.807, 2.05) is 18.5 Å². The van der Waals surface area contributed by atoms with Crippen molar-refractivity contribution in [3.63, 3.8) is 0 Å².